The van der Waals surface area contributed by atoms with Gasteiger partial charge in [-0.3, -0.25) is 4.79 Å². The molecule has 4 nitrogen and oxygen atoms in total. The first-order chi connectivity index (χ1) is 10.0. The van der Waals surface area contributed by atoms with Crippen LogP contribution in [0.25, 0.3) is 11.0 Å². The standard InChI is InChI=1S/C17H17NO3/c1-4-9-18-16(19)8-7-14-12(3)13-6-5-11(2)10-15(13)21-17(14)20/h1,5-6,10H,7-9H2,2-3H3,(H,18,19). The first-order valence-corrected chi connectivity index (χ1v) is 6.76. The van der Waals surface area contributed by atoms with Gasteiger partial charge < -0.3 is 9.73 Å². The summed E-state index contributed by atoms with van der Waals surface area (Å²) in [6.45, 7) is 4.02. The van der Waals surface area contributed by atoms with Crippen LogP contribution in [0.2, 0.25) is 0 Å². The molecule has 1 heterocycles. The number of carbonyl (C=O) groups excluding carboxylic acids is 1. The molecule has 0 bridgehead atoms. The van der Waals surface area contributed by atoms with Gasteiger partial charge in [-0.1, -0.05) is 18.1 Å². The van der Waals surface area contributed by atoms with E-state index in [2.05, 4.69) is 11.2 Å². The third-order valence-corrected chi connectivity index (χ3v) is 3.43. The van der Waals surface area contributed by atoms with Gasteiger partial charge in [-0.05, 0) is 37.5 Å². The van der Waals surface area contributed by atoms with Crippen molar-refractivity contribution in [3.63, 3.8) is 0 Å². The zero-order chi connectivity index (χ0) is 15.4. The van der Waals surface area contributed by atoms with Crippen molar-refractivity contribution < 1.29 is 9.21 Å². The molecule has 108 valence electrons. The predicted molar refractivity (Wildman–Crippen MR) is 82.1 cm³/mol. The average Bonchev–Trinajstić information content (AvgIpc) is 2.44. The highest BCUT2D eigenvalue weighted by Crippen LogP contribution is 2.21. The van der Waals surface area contributed by atoms with Crippen LogP contribution in [0.4, 0.5) is 0 Å². The fraction of sp³-hybridized carbons (Fsp3) is 0.294. The first kappa shape index (κ1) is 14.9. The number of benzene rings is 1. The molecular formula is C17H17NO3. The topological polar surface area (TPSA) is 59.3 Å². The highest BCUT2D eigenvalue weighted by Gasteiger charge is 2.12. The van der Waals surface area contributed by atoms with E-state index in [1.807, 2.05) is 32.0 Å². The van der Waals surface area contributed by atoms with Gasteiger partial charge in [0.25, 0.3) is 0 Å². The van der Waals surface area contributed by atoms with E-state index in [0.717, 1.165) is 16.5 Å². The van der Waals surface area contributed by atoms with E-state index in [1.165, 1.54) is 0 Å². The first-order valence-electron chi connectivity index (χ1n) is 6.76. The Bertz CT molecular complexity index is 781. The highest BCUT2D eigenvalue weighted by molar-refractivity contribution is 5.82. The molecule has 0 aliphatic carbocycles. The van der Waals surface area contributed by atoms with Gasteiger partial charge in [0.2, 0.25) is 5.91 Å². The predicted octanol–water partition coefficient (Wildman–Crippen LogP) is 2.09. The van der Waals surface area contributed by atoms with Crippen molar-refractivity contribution >= 4 is 16.9 Å². The minimum absolute atomic E-state index is 0.171. The number of fused-ring (bicyclic) bond motifs is 1. The smallest absolute Gasteiger partial charge is 0.339 e. The summed E-state index contributed by atoms with van der Waals surface area (Å²) in [5.74, 6) is 2.17. The summed E-state index contributed by atoms with van der Waals surface area (Å²) >= 11 is 0. The lowest BCUT2D eigenvalue weighted by molar-refractivity contribution is -0.120. The summed E-state index contributed by atoms with van der Waals surface area (Å²) in [4.78, 5) is 23.6. The van der Waals surface area contributed by atoms with E-state index >= 15 is 0 Å². The maximum absolute atomic E-state index is 12.1. The molecule has 1 N–H and O–H groups in total. The number of terminal acetylenes is 1. The van der Waals surface area contributed by atoms with E-state index in [-0.39, 0.29) is 24.5 Å². The molecule has 2 rings (SSSR count). The van der Waals surface area contributed by atoms with Crippen LogP contribution < -0.4 is 10.9 Å². The Morgan fingerprint density at radius 3 is 2.86 bits per heavy atom. The van der Waals surface area contributed by atoms with Crippen molar-refractivity contribution in [2.45, 2.75) is 26.7 Å². The number of nitrogens with one attached hydrogen (secondary N) is 1. The van der Waals surface area contributed by atoms with Gasteiger partial charge in [0.1, 0.15) is 5.58 Å². The molecule has 0 saturated carbocycles. The molecule has 1 aromatic carbocycles. The molecule has 1 amide bonds. The Kier molecular flexibility index (Phi) is 4.44. The minimum atomic E-state index is -0.379. The third-order valence-electron chi connectivity index (χ3n) is 3.43. The Balaban J connectivity index is 2.28. The molecule has 0 fully saturated rings. The largest absolute Gasteiger partial charge is 0.423 e. The lowest BCUT2D eigenvalue weighted by atomic mass is 10.0. The number of rotatable bonds is 4. The number of hydrogen-bond donors (Lipinski definition) is 1. The number of hydrogen-bond acceptors (Lipinski definition) is 3. The highest BCUT2D eigenvalue weighted by atomic mass is 16.4. The van der Waals surface area contributed by atoms with Crippen molar-refractivity contribution in [2.75, 3.05) is 6.54 Å². The average molecular weight is 283 g/mol. The van der Waals surface area contributed by atoms with E-state index < -0.39 is 0 Å². The van der Waals surface area contributed by atoms with Crippen molar-refractivity contribution in [1.82, 2.24) is 5.32 Å². The van der Waals surface area contributed by atoms with Crippen LogP contribution >= 0.6 is 0 Å². The van der Waals surface area contributed by atoms with Crippen molar-refractivity contribution in [1.29, 1.82) is 0 Å². The summed E-state index contributed by atoms with van der Waals surface area (Å²) in [6.07, 6.45) is 5.63. The van der Waals surface area contributed by atoms with Gasteiger partial charge >= 0.3 is 5.63 Å². The molecule has 0 saturated heterocycles. The minimum Gasteiger partial charge on any atom is -0.423 e. The molecular weight excluding hydrogens is 266 g/mol. The molecule has 0 unspecified atom stereocenters. The normalized spacial score (nSPS) is 10.3. The molecule has 4 heteroatoms. The Hall–Kier alpha value is -2.54. The fourth-order valence-electron chi connectivity index (χ4n) is 2.27. The monoisotopic (exact) mass is 283 g/mol. The van der Waals surface area contributed by atoms with Crippen LogP contribution in [0, 0.1) is 26.2 Å². The maximum atomic E-state index is 12.1. The Morgan fingerprint density at radius 2 is 2.14 bits per heavy atom. The number of aryl methyl sites for hydroxylation is 2. The molecule has 0 aliphatic rings. The molecule has 21 heavy (non-hydrogen) atoms. The lowest BCUT2D eigenvalue weighted by Gasteiger charge is -2.08. The van der Waals surface area contributed by atoms with Gasteiger partial charge in [0, 0.05) is 17.4 Å². The Labute approximate surface area is 123 Å². The molecule has 1 aromatic heterocycles. The number of amides is 1. The molecule has 0 radical (unpaired) electrons. The van der Waals surface area contributed by atoms with Crippen LogP contribution in [-0.2, 0) is 11.2 Å². The van der Waals surface area contributed by atoms with Crippen LogP contribution in [-0.4, -0.2) is 12.5 Å². The Morgan fingerprint density at radius 1 is 1.38 bits per heavy atom. The summed E-state index contributed by atoms with van der Waals surface area (Å²) in [7, 11) is 0. The molecule has 2 aromatic rings. The molecule has 0 atom stereocenters. The van der Waals surface area contributed by atoms with Crippen LogP contribution in [0.5, 0.6) is 0 Å². The van der Waals surface area contributed by atoms with Gasteiger partial charge in [-0.15, -0.1) is 6.42 Å². The van der Waals surface area contributed by atoms with Gasteiger partial charge in [0.05, 0.1) is 6.54 Å². The van der Waals surface area contributed by atoms with E-state index in [1.54, 1.807) is 0 Å². The van der Waals surface area contributed by atoms with E-state index in [4.69, 9.17) is 10.8 Å². The second kappa shape index (κ2) is 6.27. The number of carbonyl (C=O) groups is 1. The van der Waals surface area contributed by atoms with Crippen LogP contribution in [0.3, 0.4) is 0 Å². The molecule has 0 aliphatic heterocycles. The summed E-state index contributed by atoms with van der Waals surface area (Å²) < 4.78 is 5.35. The second-order valence-electron chi connectivity index (χ2n) is 4.97. The van der Waals surface area contributed by atoms with E-state index in [0.29, 0.717) is 17.6 Å². The zero-order valence-electron chi connectivity index (χ0n) is 12.2. The van der Waals surface area contributed by atoms with Crippen LogP contribution in [0.15, 0.2) is 27.4 Å². The van der Waals surface area contributed by atoms with E-state index in [9.17, 15) is 9.59 Å². The summed E-state index contributed by atoms with van der Waals surface area (Å²) in [5.41, 5.74) is 2.65. The SMILES string of the molecule is C#CCNC(=O)CCc1c(C)c2ccc(C)cc2oc1=O. The summed E-state index contributed by atoms with van der Waals surface area (Å²) in [5, 5.41) is 3.48. The lowest BCUT2D eigenvalue weighted by Crippen LogP contribution is -2.24. The zero-order valence-corrected chi connectivity index (χ0v) is 12.2. The maximum Gasteiger partial charge on any atom is 0.339 e. The van der Waals surface area contributed by atoms with Gasteiger partial charge in [-0.2, -0.15) is 0 Å². The van der Waals surface area contributed by atoms with Gasteiger partial charge in [-0.25, -0.2) is 4.79 Å². The van der Waals surface area contributed by atoms with Crippen LogP contribution in [0.1, 0.15) is 23.1 Å². The van der Waals surface area contributed by atoms with Crippen molar-refractivity contribution in [3.8, 4) is 12.3 Å². The van der Waals surface area contributed by atoms with Gasteiger partial charge in [0.15, 0.2) is 0 Å². The summed E-state index contributed by atoms with van der Waals surface area (Å²) in [6, 6.07) is 5.75. The van der Waals surface area contributed by atoms with Crippen molar-refractivity contribution in [3.05, 3.63) is 45.3 Å². The second-order valence-corrected chi connectivity index (χ2v) is 4.97. The molecule has 0 spiro atoms. The fourth-order valence-corrected chi connectivity index (χ4v) is 2.27. The third kappa shape index (κ3) is 3.32. The van der Waals surface area contributed by atoms with Crippen molar-refractivity contribution in [2.24, 2.45) is 0 Å². The quantitative estimate of drug-likeness (QED) is 0.690.